The van der Waals surface area contributed by atoms with E-state index in [0.29, 0.717) is 17.3 Å². The van der Waals surface area contributed by atoms with E-state index < -0.39 is 0 Å². The van der Waals surface area contributed by atoms with E-state index in [1.54, 1.807) is 20.5 Å². The maximum atomic E-state index is 6.16. The van der Waals surface area contributed by atoms with Crippen molar-refractivity contribution in [3.63, 3.8) is 0 Å². The quantitative estimate of drug-likeness (QED) is 0.942. The van der Waals surface area contributed by atoms with E-state index in [1.165, 1.54) is 0 Å². The zero-order valence-electron chi connectivity index (χ0n) is 10.1. The van der Waals surface area contributed by atoms with Gasteiger partial charge in [-0.1, -0.05) is 15.9 Å². The molecular weight excluding hydrogens is 298 g/mol. The Morgan fingerprint density at radius 3 is 2.44 bits per heavy atom. The molecule has 1 unspecified atom stereocenters. The topological polar surface area (TPSA) is 57.6 Å². The molecular formula is C13H14BrNO3. The summed E-state index contributed by atoms with van der Waals surface area (Å²) in [5.41, 5.74) is 7.03. The van der Waals surface area contributed by atoms with Crippen molar-refractivity contribution in [2.75, 3.05) is 14.2 Å². The smallest absolute Gasteiger partial charge is 0.161 e. The SMILES string of the molecule is COc1cc(Br)c(C(N)c2ccco2)cc1OC. The van der Waals surface area contributed by atoms with Crippen LogP contribution in [-0.2, 0) is 0 Å². The Labute approximate surface area is 114 Å². The van der Waals surface area contributed by atoms with E-state index in [-0.39, 0.29) is 6.04 Å². The number of rotatable bonds is 4. The minimum atomic E-state index is -0.353. The fourth-order valence-electron chi connectivity index (χ4n) is 1.73. The minimum absolute atomic E-state index is 0.353. The summed E-state index contributed by atoms with van der Waals surface area (Å²) in [5, 5.41) is 0. The molecule has 96 valence electrons. The van der Waals surface area contributed by atoms with Crippen molar-refractivity contribution in [1.29, 1.82) is 0 Å². The third-order valence-electron chi connectivity index (χ3n) is 2.69. The van der Waals surface area contributed by atoms with Crippen LogP contribution in [0.15, 0.2) is 39.4 Å². The van der Waals surface area contributed by atoms with Crippen molar-refractivity contribution in [3.05, 3.63) is 46.3 Å². The van der Waals surface area contributed by atoms with Crippen LogP contribution >= 0.6 is 15.9 Å². The Morgan fingerprint density at radius 2 is 1.89 bits per heavy atom. The van der Waals surface area contributed by atoms with Gasteiger partial charge in [0.25, 0.3) is 0 Å². The van der Waals surface area contributed by atoms with Gasteiger partial charge in [-0.25, -0.2) is 0 Å². The Bertz CT molecular complexity index is 525. The monoisotopic (exact) mass is 311 g/mol. The normalized spacial score (nSPS) is 12.2. The largest absolute Gasteiger partial charge is 0.493 e. The average Bonchev–Trinajstić information content (AvgIpc) is 2.91. The molecule has 1 aromatic carbocycles. The molecule has 2 rings (SSSR count). The number of halogens is 1. The molecule has 0 radical (unpaired) electrons. The number of methoxy groups -OCH3 is 2. The van der Waals surface area contributed by atoms with Gasteiger partial charge in [0, 0.05) is 4.47 Å². The van der Waals surface area contributed by atoms with Gasteiger partial charge in [0.15, 0.2) is 11.5 Å². The fourth-order valence-corrected chi connectivity index (χ4v) is 2.30. The first kappa shape index (κ1) is 13.0. The molecule has 2 aromatic rings. The Hall–Kier alpha value is -1.46. The first-order chi connectivity index (χ1) is 8.67. The number of hydrogen-bond donors (Lipinski definition) is 1. The second-order valence-corrected chi connectivity index (χ2v) is 4.58. The summed E-state index contributed by atoms with van der Waals surface area (Å²) in [7, 11) is 3.18. The van der Waals surface area contributed by atoms with E-state index in [4.69, 9.17) is 19.6 Å². The van der Waals surface area contributed by atoms with E-state index in [9.17, 15) is 0 Å². The van der Waals surface area contributed by atoms with Crippen molar-refractivity contribution in [3.8, 4) is 11.5 Å². The number of benzene rings is 1. The van der Waals surface area contributed by atoms with Crippen molar-refractivity contribution >= 4 is 15.9 Å². The number of hydrogen-bond acceptors (Lipinski definition) is 4. The molecule has 5 heteroatoms. The lowest BCUT2D eigenvalue weighted by atomic mass is 10.0. The lowest BCUT2D eigenvalue weighted by molar-refractivity contribution is 0.354. The van der Waals surface area contributed by atoms with Gasteiger partial charge >= 0.3 is 0 Å². The second kappa shape index (κ2) is 5.46. The molecule has 0 aliphatic heterocycles. The van der Waals surface area contributed by atoms with Crippen LogP contribution in [0.2, 0.25) is 0 Å². The summed E-state index contributed by atoms with van der Waals surface area (Å²) < 4.78 is 16.7. The van der Waals surface area contributed by atoms with Crippen molar-refractivity contribution in [1.82, 2.24) is 0 Å². The summed E-state index contributed by atoms with van der Waals surface area (Å²) in [5.74, 6) is 1.99. The standard InChI is InChI=1S/C13H14BrNO3/c1-16-11-6-8(9(14)7-12(11)17-2)13(15)10-4-3-5-18-10/h3-7,13H,15H2,1-2H3. The molecule has 0 spiro atoms. The molecule has 2 N–H and O–H groups in total. The van der Waals surface area contributed by atoms with E-state index in [0.717, 1.165) is 10.0 Å². The maximum Gasteiger partial charge on any atom is 0.161 e. The summed E-state index contributed by atoms with van der Waals surface area (Å²) >= 11 is 3.48. The van der Waals surface area contributed by atoms with Gasteiger partial charge in [0.2, 0.25) is 0 Å². The molecule has 4 nitrogen and oxygen atoms in total. The molecule has 0 aliphatic carbocycles. The molecule has 0 saturated heterocycles. The van der Waals surface area contributed by atoms with E-state index >= 15 is 0 Å². The first-order valence-corrected chi connectivity index (χ1v) is 6.17. The Balaban J connectivity index is 2.45. The molecule has 0 bridgehead atoms. The lowest BCUT2D eigenvalue weighted by Crippen LogP contribution is -2.12. The number of nitrogens with two attached hydrogens (primary N) is 1. The van der Waals surface area contributed by atoms with Crippen molar-refractivity contribution in [2.45, 2.75) is 6.04 Å². The van der Waals surface area contributed by atoms with Gasteiger partial charge in [-0.15, -0.1) is 0 Å². The molecule has 0 fully saturated rings. The highest BCUT2D eigenvalue weighted by Crippen LogP contribution is 2.37. The second-order valence-electron chi connectivity index (χ2n) is 3.72. The summed E-state index contributed by atoms with van der Waals surface area (Å²) in [4.78, 5) is 0. The average molecular weight is 312 g/mol. The summed E-state index contributed by atoms with van der Waals surface area (Å²) in [6.07, 6.45) is 1.60. The predicted molar refractivity (Wildman–Crippen MR) is 72.0 cm³/mol. The Kier molecular flexibility index (Phi) is 3.93. The van der Waals surface area contributed by atoms with Gasteiger partial charge in [-0.05, 0) is 29.8 Å². The molecule has 0 aliphatic rings. The predicted octanol–water partition coefficient (Wildman–Crippen LogP) is 3.11. The zero-order chi connectivity index (χ0) is 13.1. The molecule has 0 amide bonds. The fraction of sp³-hybridized carbons (Fsp3) is 0.231. The molecule has 1 atom stereocenters. The van der Waals surface area contributed by atoms with Crippen LogP contribution in [0.5, 0.6) is 11.5 Å². The lowest BCUT2D eigenvalue weighted by Gasteiger charge is -2.15. The van der Waals surface area contributed by atoms with Crippen molar-refractivity contribution < 1.29 is 13.9 Å². The third-order valence-corrected chi connectivity index (χ3v) is 3.37. The minimum Gasteiger partial charge on any atom is -0.493 e. The van der Waals surface area contributed by atoms with Gasteiger partial charge in [-0.3, -0.25) is 0 Å². The van der Waals surface area contributed by atoms with Crippen molar-refractivity contribution in [2.24, 2.45) is 5.73 Å². The zero-order valence-corrected chi connectivity index (χ0v) is 11.7. The van der Waals surface area contributed by atoms with Gasteiger partial charge in [0.1, 0.15) is 5.76 Å². The summed E-state index contributed by atoms with van der Waals surface area (Å²) in [6.45, 7) is 0. The Morgan fingerprint density at radius 1 is 1.22 bits per heavy atom. The van der Waals surface area contributed by atoms with Gasteiger partial charge < -0.3 is 19.6 Å². The molecule has 1 aromatic heterocycles. The van der Waals surface area contributed by atoms with Crippen LogP contribution in [0.3, 0.4) is 0 Å². The maximum absolute atomic E-state index is 6.16. The van der Waals surface area contributed by atoms with Crippen LogP contribution in [-0.4, -0.2) is 14.2 Å². The molecule has 0 saturated carbocycles. The molecule has 18 heavy (non-hydrogen) atoms. The first-order valence-electron chi connectivity index (χ1n) is 5.37. The van der Waals surface area contributed by atoms with Gasteiger partial charge in [0.05, 0.1) is 26.5 Å². The van der Waals surface area contributed by atoms with Crippen LogP contribution in [0.4, 0.5) is 0 Å². The summed E-state index contributed by atoms with van der Waals surface area (Å²) in [6, 6.07) is 6.97. The van der Waals surface area contributed by atoms with Crippen LogP contribution in [0, 0.1) is 0 Å². The van der Waals surface area contributed by atoms with E-state index in [2.05, 4.69) is 15.9 Å². The highest BCUT2D eigenvalue weighted by atomic mass is 79.9. The highest BCUT2D eigenvalue weighted by molar-refractivity contribution is 9.10. The third kappa shape index (κ3) is 2.37. The van der Waals surface area contributed by atoms with Crippen LogP contribution < -0.4 is 15.2 Å². The number of ether oxygens (including phenoxy) is 2. The molecule has 1 heterocycles. The van der Waals surface area contributed by atoms with E-state index in [1.807, 2.05) is 24.3 Å². The number of furan rings is 1. The van der Waals surface area contributed by atoms with Gasteiger partial charge in [-0.2, -0.15) is 0 Å². The van der Waals surface area contributed by atoms with Crippen LogP contribution in [0.1, 0.15) is 17.4 Å². The van der Waals surface area contributed by atoms with Crippen LogP contribution in [0.25, 0.3) is 0 Å². The highest BCUT2D eigenvalue weighted by Gasteiger charge is 2.18.